The third-order valence-corrected chi connectivity index (χ3v) is 1.98. The maximum atomic E-state index is 5.08. The predicted octanol–water partition coefficient (Wildman–Crippen LogP) is 2.07. The molecule has 0 spiro atoms. The normalized spacial score (nSPS) is 12.3. The van der Waals surface area contributed by atoms with E-state index in [0.29, 0.717) is 11.0 Å². The van der Waals surface area contributed by atoms with E-state index < -0.39 is 0 Å². The Labute approximate surface area is 86.8 Å². The van der Waals surface area contributed by atoms with Crippen LogP contribution in [0.1, 0.15) is 27.2 Å². The average Bonchev–Trinajstić information content (AvgIpc) is 2.03. The fourth-order valence-corrected chi connectivity index (χ4v) is 1.08. The van der Waals surface area contributed by atoms with Crippen molar-refractivity contribution < 1.29 is 0 Å². The Kier molecular flexibility index (Phi) is 6.59. The lowest BCUT2D eigenvalue weighted by Crippen LogP contribution is -2.40. The zero-order valence-corrected chi connectivity index (χ0v) is 9.58. The molecule has 13 heavy (non-hydrogen) atoms. The standard InChI is InChI=1S/C10H20N2S/c1-5-9(4)12-10(13)11-7-6-8(2)3/h5,8-9H,1,6-7H2,2-4H3,(H2,11,12,13). The van der Waals surface area contributed by atoms with Crippen molar-refractivity contribution in [2.45, 2.75) is 33.2 Å². The van der Waals surface area contributed by atoms with Gasteiger partial charge in [-0.2, -0.15) is 0 Å². The summed E-state index contributed by atoms with van der Waals surface area (Å²) in [6, 6.07) is 0.235. The summed E-state index contributed by atoms with van der Waals surface area (Å²) in [5, 5.41) is 6.97. The van der Waals surface area contributed by atoms with Crippen molar-refractivity contribution in [3.05, 3.63) is 12.7 Å². The highest BCUT2D eigenvalue weighted by Crippen LogP contribution is 1.96. The molecule has 1 atom stereocenters. The second kappa shape index (κ2) is 6.89. The lowest BCUT2D eigenvalue weighted by atomic mass is 10.1. The van der Waals surface area contributed by atoms with Gasteiger partial charge < -0.3 is 10.6 Å². The van der Waals surface area contributed by atoms with E-state index in [2.05, 4.69) is 31.1 Å². The van der Waals surface area contributed by atoms with Gasteiger partial charge in [-0.1, -0.05) is 19.9 Å². The fraction of sp³-hybridized carbons (Fsp3) is 0.700. The molecule has 0 aromatic carbocycles. The van der Waals surface area contributed by atoms with Crippen molar-refractivity contribution in [3.63, 3.8) is 0 Å². The first-order chi connectivity index (χ1) is 6.06. The van der Waals surface area contributed by atoms with Gasteiger partial charge in [0.05, 0.1) is 0 Å². The first-order valence-corrected chi connectivity index (χ1v) is 5.14. The Bertz CT molecular complexity index is 166. The van der Waals surface area contributed by atoms with E-state index >= 15 is 0 Å². The molecular formula is C10H20N2S. The quantitative estimate of drug-likeness (QED) is 0.525. The van der Waals surface area contributed by atoms with Gasteiger partial charge in [0.25, 0.3) is 0 Å². The number of hydrogen-bond acceptors (Lipinski definition) is 1. The summed E-state index contributed by atoms with van der Waals surface area (Å²) in [6.45, 7) is 11.0. The molecule has 0 saturated heterocycles. The second-order valence-corrected chi connectivity index (χ2v) is 4.02. The van der Waals surface area contributed by atoms with Crippen molar-refractivity contribution in [1.29, 1.82) is 0 Å². The van der Waals surface area contributed by atoms with Crippen LogP contribution >= 0.6 is 12.2 Å². The van der Waals surface area contributed by atoms with Crippen LogP contribution in [0.4, 0.5) is 0 Å². The summed E-state index contributed by atoms with van der Waals surface area (Å²) in [5.41, 5.74) is 0. The van der Waals surface area contributed by atoms with Crippen LogP contribution in [0.25, 0.3) is 0 Å². The maximum Gasteiger partial charge on any atom is 0.166 e. The summed E-state index contributed by atoms with van der Waals surface area (Å²) in [6.07, 6.45) is 2.97. The Morgan fingerprint density at radius 2 is 2.08 bits per heavy atom. The van der Waals surface area contributed by atoms with E-state index in [0.717, 1.165) is 13.0 Å². The second-order valence-electron chi connectivity index (χ2n) is 3.61. The Morgan fingerprint density at radius 3 is 2.54 bits per heavy atom. The van der Waals surface area contributed by atoms with Gasteiger partial charge in [0.2, 0.25) is 0 Å². The largest absolute Gasteiger partial charge is 0.363 e. The molecule has 3 heteroatoms. The highest BCUT2D eigenvalue weighted by Gasteiger charge is 1.99. The molecule has 0 heterocycles. The first-order valence-electron chi connectivity index (χ1n) is 4.73. The van der Waals surface area contributed by atoms with Crippen molar-refractivity contribution in [3.8, 4) is 0 Å². The van der Waals surface area contributed by atoms with E-state index in [9.17, 15) is 0 Å². The SMILES string of the molecule is C=CC(C)NC(=S)NCCC(C)C. The average molecular weight is 200 g/mol. The van der Waals surface area contributed by atoms with Crippen LogP contribution in [0.5, 0.6) is 0 Å². The minimum atomic E-state index is 0.235. The number of hydrogen-bond donors (Lipinski definition) is 2. The van der Waals surface area contributed by atoms with Crippen LogP contribution in [0.15, 0.2) is 12.7 Å². The van der Waals surface area contributed by atoms with E-state index in [1.165, 1.54) is 0 Å². The summed E-state index contributed by atoms with van der Waals surface area (Å²) in [4.78, 5) is 0. The first kappa shape index (κ1) is 12.4. The van der Waals surface area contributed by atoms with Gasteiger partial charge in [0, 0.05) is 12.6 Å². The van der Waals surface area contributed by atoms with Gasteiger partial charge in [-0.15, -0.1) is 6.58 Å². The molecular weight excluding hydrogens is 180 g/mol. The lowest BCUT2D eigenvalue weighted by Gasteiger charge is -2.14. The number of nitrogens with one attached hydrogen (secondary N) is 2. The summed E-state index contributed by atoms with van der Waals surface area (Å²) >= 11 is 5.08. The van der Waals surface area contributed by atoms with Crippen LogP contribution in [-0.2, 0) is 0 Å². The Hall–Kier alpha value is -0.570. The molecule has 0 aliphatic rings. The van der Waals surface area contributed by atoms with E-state index in [1.54, 1.807) is 0 Å². The van der Waals surface area contributed by atoms with Gasteiger partial charge in [0.1, 0.15) is 0 Å². The van der Waals surface area contributed by atoms with Crippen molar-refractivity contribution >= 4 is 17.3 Å². The van der Waals surface area contributed by atoms with E-state index in [1.807, 2.05) is 13.0 Å². The molecule has 0 fully saturated rings. The van der Waals surface area contributed by atoms with Gasteiger partial charge in [-0.05, 0) is 31.5 Å². The van der Waals surface area contributed by atoms with Crippen LogP contribution < -0.4 is 10.6 Å². The molecule has 0 aromatic rings. The predicted molar refractivity (Wildman–Crippen MR) is 62.9 cm³/mol. The molecule has 2 nitrogen and oxygen atoms in total. The molecule has 0 aromatic heterocycles. The molecule has 0 amide bonds. The Balaban J connectivity index is 3.46. The molecule has 0 aliphatic carbocycles. The zero-order valence-electron chi connectivity index (χ0n) is 8.76. The van der Waals surface area contributed by atoms with E-state index in [-0.39, 0.29) is 6.04 Å². The van der Waals surface area contributed by atoms with Crippen LogP contribution in [-0.4, -0.2) is 17.7 Å². The monoisotopic (exact) mass is 200 g/mol. The number of rotatable bonds is 5. The molecule has 0 radical (unpaired) electrons. The minimum Gasteiger partial charge on any atom is -0.363 e. The topological polar surface area (TPSA) is 24.1 Å². The Morgan fingerprint density at radius 1 is 1.46 bits per heavy atom. The molecule has 0 bridgehead atoms. The van der Waals surface area contributed by atoms with Crippen molar-refractivity contribution in [2.75, 3.05) is 6.54 Å². The fourth-order valence-electron chi connectivity index (χ4n) is 0.791. The van der Waals surface area contributed by atoms with Crippen LogP contribution in [0, 0.1) is 5.92 Å². The summed E-state index contributed by atoms with van der Waals surface area (Å²) < 4.78 is 0. The van der Waals surface area contributed by atoms with Gasteiger partial charge in [-0.3, -0.25) is 0 Å². The third kappa shape index (κ3) is 7.78. The number of thiocarbonyl (C=S) groups is 1. The maximum absolute atomic E-state index is 5.08. The van der Waals surface area contributed by atoms with Gasteiger partial charge in [-0.25, -0.2) is 0 Å². The molecule has 76 valence electrons. The molecule has 2 N–H and O–H groups in total. The molecule has 0 rings (SSSR count). The smallest absolute Gasteiger partial charge is 0.166 e. The van der Waals surface area contributed by atoms with Gasteiger partial charge in [0.15, 0.2) is 5.11 Å². The minimum absolute atomic E-state index is 0.235. The lowest BCUT2D eigenvalue weighted by molar-refractivity contribution is 0.574. The molecule has 1 unspecified atom stereocenters. The van der Waals surface area contributed by atoms with Gasteiger partial charge >= 0.3 is 0 Å². The molecule has 0 aliphatic heterocycles. The highest BCUT2D eigenvalue weighted by atomic mass is 32.1. The van der Waals surface area contributed by atoms with Crippen LogP contribution in [0.3, 0.4) is 0 Å². The zero-order chi connectivity index (χ0) is 10.3. The van der Waals surface area contributed by atoms with Crippen molar-refractivity contribution in [2.24, 2.45) is 5.92 Å². The van der Waals surface area contributed by atoms with Crippen LogP contribution in [0.2, 0.25) is 0 Å². The van der Waals surface area contributed by atoms with Crippen molar-refractivity contribution in [1.82, 2.24) is 10.6 Å². The highest BCUT2D eigenvalue weighted by molar-refractivity contribution is 7.80. The summed E-state index contributed by atoms with van der Waals surface area (Å²) in [7, 11) is 0. The van der Waals surface area contributed by atoms with E-state index in [4.69, 9.17) is 12.2 Å². The molecule has 0 saturated carbocycles. The third-order valence-electron chi connectivity index (χ3n) is 1.72. The summed E-state index contributed by atoms with van der Waals surface area (Å²) in [5.74, 6) is 0.715.